The maximum absolute atomic E-state index is 12.7. The van der Waals surface area contributed by atoms with Crippen molar-refractivity contribution in [2.45, 2.75) is 31.6 Å². The Balaban J connectivity index is 1.20. The molecule has 1 amide bonds. The first-order chi connectivity index (χ1) is 15.1. The molecule has 0 aromatic heterocycles. The number of rotatable bonds is 5. The zero-order valence-electron chi connectivity index (χ0n) is 18.1. The average molecular weight is 419 g/mol. The molecule has 1 aliphatic carbocycles. The maximum atomic E-state index is 12.7. The molecule has 0 spiro atoms. The van der Waals surface area contributed by atoms with Crippen LogP contribution in [0.2, 0.25) is 0 Å². The maximum Gasteiger partial charge on any atom is 0.244 e. The summed E-state index contributed by atoms with van der Waals surface area (Å²) < 4.78 is 5.44. The third kappa shape index (κ3) is 4.04. The molecule has 0 radical (unpaired) electrons. The van der Waals surface area contributed by atoms with Crippen LogP contribution < -0.4 is 15.6 Å². The number of hydrogen-bond acceptors (Lipinski definition) is 5. The number of hydrogen-bond donors (Lipinski definition) is 2. The minimum absolute atomic E-state index is 0.000991. The molecule has 31 heavy (non-hydrogen) atoms. The van der Waals surface area contributed by atoms with Gasteiger partial charge in [0.2, 0.25) is 5.91 Å². The zero-order chi connectivity index (χ0) is 21.3. The number of carbonyl (C=O) groups excluding carboxylic acids is 1. The standard InChI is InChI=1S/C25H30N4O2/c1-25(19-7-9-20(10-8-19)29-12-14-31-15-13-29)16-22(25)24(30)28-27-17-18-4-2-6-23-21(18)5-3-11-26-23/h2,4,6-10,17,22,26H,3,5,11-16H2,1H3,(H,28,30)/b27-17+. The quantitative estimate of drug-likeness (QED) is 0.578. The second kappa shape index (κ2) is 8.35. The van der Waals surface area contributed by atoms with E-state index in [2.05, 4.69) is 64.1 Å². The summed E-state index contributed by atoms with van der Waals surface area (Å²) in [5, 5.41) is 7.70. The number of anilines is 2. The monoisotopic (exact) mass is 418 g/mol. The number of benzene rings is 2. The molecule has 2 aromatic rings. The van der Waals surface area contributed by atoms with Gasteiger partial charge in [-0.2, -0.15) is 5.10 Å². The van der Waals surface area contributed by atoms with Crippen molar-refractivity contribution in [3.63, 3.8) is 0 Å². The van der Waals surface area contributed by atoms with E-state index in [9.17, 15) is 4.79 Å². The molecule has 2 fully saturated rings. The van der Waals surface area contributed by atoms with Gasteiger partial charge >= 0.3 is 0 Å². The van der Waals surface area contributed by atoms with E-state index >= 15 is 0 Å². The third-order valence-corrected chi connectivity index (χ3v) is 6.97. The van der Waals surface area contributed by atoms with Crippen LogP contribution in [0, 0.1) is 5.92 Å². The van der Waals surface area contributed by atoms with Crippen molar-refractivity contribution in [2.24, 2.45) is 11.0 Å². The molecule has 3 aliphatic rings. The molecule has 1 saturated heterocycles. The molecule has 2 N–H and O–H groups in total. The fourth-order valence-electron chi connectivity index (χ4n) is 4.84. The van der Waals surface area contributed by atoms with E-state index in [1.165, 1.54) is 22.5 Å². The largest absolute Gasteiger partial charge is 0.385 e. The van der Waals surface area contributed by atoms with Crippen molar-refractivity contribution in [3.8, 4) is 0 Å². The van der Waals surface area contributed by atoms with Crippen LogP contribution in [-0.2, 0) is 21.4 Å². The van der Waals surface area contributed by atoms with E-state index in [0.29, 0.717) is 0 Å². The van der Waals surface area contributed by atoms with Gasteiger partial charge in [0.25, 0.3) is 0 Å². The van der Waals surface area contributed by atoms with E-state index < -0.39 is 0 Å². The van der Waals surface area contributed by atoms with Gasteiger partial charge in [-0.05, 0) is 54.2 Å². The Morgan fingerprint density at radius 3 is 2.84 bits per heavy atom. The van der Waals surface area contributed by atoms with Crippen molar-refractivity contribution >= 4 is 23.5 Å². The van der Waals surface area contributed by atoms with E-state index in [0.717, 1.165) is 57.7 Å². The fourth-order valence-corrected chi connectivity index (χ4v) is 4.84. The predicted octanol–water partition coefficient (Wildman–Crippen LogP) is 3.31. The molecular weight excluding hydrogens is 388 g/mol. The minimum atomic E-state index is -0.112. The highest BCUT2D eigenvalue weighted by molar-refractivity contribution is 5.88. The molecule has 2 aromatic carbocycles. The number of morpholine rings is 1. The number of carbonyl (C=O) groups is 1. The highest BCUT2D eigenvalue weighted by atomic mass is 16.5. The summed E-state index contributed by atoms with van der Waals surface area (Å²) in [6, 6.07) is 14.9. The van der Waals surface area contributed by atoms with Gasteiger partial charge in [-0.1, -0.05) is 31.2 Å². The molecule has 6 nitrogen and oxygen atoms in total. The Morgan fingerprint density at radius 2 is 2.03 bits per heavy atom. The molecule has 5 rings (SSSR count). The SMILES string of the molecule is CC1(c2ccc(N3CCOCC3)cc2)CC1C(=O)N/N=C/c1cccc2c1CCCN2. The first-order valence-electron chi connectivity index (χ1n) is 11.3. The summed E-state index contributed by atoms with van der Waals surface area (Å²) in [5.74, 6) is -0.0378. The third-order valence-electron chi connectivity index (χ3n) is 6.97. The summed E-state index contributed by atoms with van der Waals surface area (Å²) in [6.07, 6.45) is 4.80. The van der Waals surface area contributed by atoms with Crippen LogP contribution in [0.3, 0.4) is 0 Å². The van der Waals surface area contributed by atoms with E-state index in [4.69, 9.17) is 4.74 Å². The molecule has 1 saturated carbocycles. The first kappa shape index (κ1) is 20.1. The molecule has 162 valence electrons. The van der Waals surface area contributed by atoms with Gasteiger partial charge < -0.3 is 15.0 Å². The Hall–Kier alpha value is -2.86. The smallest absolute Gasteiger partial charge is 0.244 e. The summed E-state index contributed by atoms with van der Waals surface area (Å²) in [5.41, 5.74) is 8.64. The van der Waals surface area contributed by atoms with Crippen LogP contribution in [0.5, 0.6) is 0 Å². The lowest BCUT2D eigenvalue weighted by Gasteiger charge is -2.29. The molecule has 0 bridgehead atoms. The lowest BCUT2D eigenvalue weighted by atomic mass is 9.95. The van der Waals surface area contributed by atoms with Crippen molar-refractivity contribution in [1.29, 1.82) is 0 Å². The number of ether oxygens (including phenoxy) is 1. The van der Waals surface area contributed by atoms with E-state index in [1.54, 1.807) is 6.21 Å². The van der Waals surface area contributed by atoms with Gasteiger partial charge in [-0.3, -0.25) is 4.79 Å². The van der Waals surface area contributed by atoms with Crippen LogP contribution >= 0.6 is 0 Å². The lowest BCUT2D eigenvalue weighted by Crippen LogP contribution is -2.36. The van der Waals surface area contributed by atoms with E-state index in [1.807, 2.05) is 6.07 Å². The van der Waals surface area contributed by atoms with Gasteiger partial charge in [0, 0.05) is 36.4 Å². The number of hydrazone groups is 1. The average Bonchev–Trinajstić information content (AvgIpc) is 3.53. The van der Waals surface area contributed by atoms with Crippen molar-refractivity contribution in [3.05, 3.63) is 59.2 Å². The molecular formula is C25H30N4O2. The molecule has 6 heteroatoms. The lowest BCUT2D eigenvalue weighted by molar-refractivity contribution is -0.122. The Morgan fingerprint density at radius 1 is 1.23 bits per heavy atom. The Kier molecular flexibility index (Phi) is 5.40. The first-order valence-corrected chi connectivity index (χ1v) is 11.3. The summed E-state index contributed by atoms with van der Waals surface area (Å²) >= 11 is 0. The highest BCUT2D eigenvalue weighted by Gasteiger charge is 2.55. The Bertz CT molecular complexity index is 982. The number of fused-ring (bicyclic) bond motifs is 1. The van der Waals surface area contributed by atoms with Gasteiger partial charge in [-0.15, -0.1) is 0 Å². The van der Waals surface area contributed by atoms with E-state index in [-0.39, 0.29) is 17.2 Å². The molecule has 2 heterocycles. The number of nitrogens with zero attached hydrogens (tertiary/aromatic N) is 2. The van der Waals surface area contributed by atoms with Crippen molar-refractivity contribution in [1.82, 2.24) is 5.43 Å². The summed E-state index contributed by atoms with van der Waals surface area (Å²) in [7, 11) is 0. The van der Waals surface area contributed by atoms with Gasteiger partial charge in [0.15, 0.2) is 0 Å². The topological polar surface area (TPSA) is 66.0 Å². The number of amides is 1. The Labute approximate surface area is 183 Å². The van der Waals surface area contributed by atoms with Crippen LogP contribution in [0.1, 0.15) is 36.5 Å². The van der Waals surface area contributed by atoms with Crippen molar-refractivity contribution < 1.29 is 9.53 Å². The minimum Gasteiger partial charge on any atom is -0.385 e. The second-order valence-corrected chi connectivity index (χ2v) is 8.96. The van der Waals surface area contributed by atoms with Crippen LogP contribution in [-0.4, -0.2) is 45.0 Å². The molecule has 2 unspecified atom stereocenters. The summed E-state index contributed by atoms with van der Waals surface area (Å²) in [6.45, 7) is 6.61. The van der Waals surface area contributed by atoms with Crippen LogP contribution in [0.4, 0.5) is 11.4 Å². The van der Waals surface area contributed by atoms with Crippen LogP contribution in [0.15, 0.2) is 47.6 Å². The second-order valence-electron chi connectivity index (χ2n) is 8.96. The number of nitrogens with one attached hydrogen (secondary N) is 2. The fraction of sp³-hybridized carbons (Fsp3) is 0.440. The normalized spacial score (nSPS) is 25.1. The highest BCUT2D eigenvalue weighted by Crippen LogP contribution is 2.54. The zero-order valence-corrected chi connectivity index (χ0v) is 18.1. The van der Waals surface area contributed by atoms with Gasteiger partial charge in [0.1, 0.15) is 0 Å². The molecule has 2 aliphatic heterocycles. The van der Waals surface area contributed by atoms with Gasteiger partial charge in [0.05, 0.1) is 25.3 Å². The molecule has 2 atom stereocenters. The van der Waals surface area contributed by atoms with Crippen molar-refractivity contribution in [2.75, 3.05) is 43.1 Å². The predicted molar refractivity (Wildman–Crippen MR) is 124 cm³/mol. The summed E-state index contributed by atoms with van der Waals surface area (Å²) in [4.78, 5) is 15.1. The van der Waals surface area contributed by atoms with Gasteiger partial charge in [-0.25, -0.2) is 5.43 Å². The van der Waals surface area contributed by atoms with Crippen LogP contribution in [0.25, 0.3) is 0 Å².